The van der Waals surface area contributed by atoms with Gasteiger partial charge in [0.15, 0.2) is 11.6 Å². The summed E-state index contributed by atoms with van der Waals surface area (Å²) in [7, 11) is 1.36. The van der Waals surface area contributed by atoms with Crippen LogP contribution in [0.15, 0.2) is 30.3 Å². The summed E-state index contributed by atoms with van der Waals surface area (Å²) in [5.41, 5.74) is 5.74. The Morgan fingerprint density at radius 2 is 2.05 bits per heavy atom. The molecule has 1 amide bonds. The van der Waals surface area contributed by atoms with Crippen LogP contribution in [-0.2, 0) is 0 Å². The highest BCUT2D eigenvalue weighted by Gasteiger charge is 2.18. The van der Waals surface area contributed by atoms with Crippen molar-refractivity contribution in [1.29, 1.82) is 0 Å². The molecule has 21 heavy (non-hydrogen) atoms. The maximum atomic E-state index is 13.7. The van der Waals surface area contributed by atoms with Crippen LogP contribution in [0.5, 0.6) is 5.75 Å². The van der Waals surface area contributed by atoms with Gasteiger partial charge in [0.2, 0.25) is 0 Å². The zero-order chi connectivity index (χ0) is 15.6. The number of benzene rings is 2. The van der Waals surface area contributed by atoms with E-state index < -0.39 is 17.5 Å². The predicted octanol–water partition coefficient (Wildman–Crippen LogP) is 3.46. The molecule has 7 heteroatoms. The molecule has 110 valence electrons. The molecule has 0 unspecified atom stereocenters. The Bertz CT molecular complexity index is 684. The first-order chi connectivity index (χ1) is 9.93. The van der Waals surface area contributed by atoms with Crippen molar-refractivity contribution in [2.24, 2.45) is 0 Å². The minimum atomic E-state index is -0.976. The van der Waals surface area contributed by atoms with Gasteiger partial charge in [0, 0.05) is 6.07 Å². The lowest BCUT2D eigenvalue weighted by Crippen LogP contribution is -2.15. The summed E-state index contributed by atoms with van der Waals surface area (Å²) >= 11 is 5.72. The van der Waals surface area contributed by atoms with Gasteiger partial charge in [0.05, 0.1) is 29.1 Å². The van der Waals surface area contributed by atoms with Gasteiger partial charge in [-0.05, 0) is 18.2 Å². The third kappa shape index (κ3) is 3.05. The van der Waals surface area contributed by atoms with E-state index in [0.29, 0.717) is 6.07 Å². The predicted molar refractivity (Wildman–Crippen MR) is 76.7 cm³/mol. The van der Waals surface area contributed by atoms with E-state index in [1.54, 1.807) is 12.1 Å². The summed E-state index contributed by atoms with van der Waals surface area (Å²) in [5.74, 6) is -2.33. The van der Waals surface area contributed by atoms with Crippen molar-refractivity contribution in [1.82, 2.24) is 0 Å². The number of carbonyl (C=O) groups is 1. The molecule has 0 heterocycles. The highest BCUT2D eigenvalue weighted by Crippen LogP contribution is 2.30. The van der Waals surface area contributed by atoms with Crippen molar-refractivity contribution < 1.29 is 18.3 Å². The Kier molecular flexibility index (Phi) is 4.28. The Morgan fingerprint density at radius 1 is 1.33 bits per heavy atom. The summed E-state index contributed by atoms with van der Waals surface area (Å²) in [6.07, 6.45) is 0. The lowest BCUT2D eigenvalue weighted by molar-refractivity contribution is 0.102. The largest absolute Gasteiger partial charge is 0.494 e. The molecule has 2 aromatic rings. The van der Waals surface area contributed by atoms with Gasteiger partial charge in [-0.1, -0.05) is 17.7 Å². The van der Waals surface area contributed by atoms with Crippen LogP contribution in [0, 0.1) is 11.6 Å². The van der Waals surface area contributed by atoms with Crippen molar-refractivity contribution >= 4 is 28.9 Å². The summed E-state index contributed by atoms with van der Waals surface area (Å²) in [4.78, 5) is 12.2. The molecule has 0 bridgehead atoms. The molecule has 2 aromatic carbocycles. The molecule has 0 aliphatic rings. The van der Waals surface area contributed by atoms with Gasteiger partial charge in [0.25, 0.3) is 5.91 Å². The molecule has 0 saturated heterocycles. The second-order valence-electron chi connectivity index (χ2n) is 4.13. The standard InChI is InChI=1S/C14H11ClF2N2O2/c1-21-13-8(3-2-4-11(13)18)14(20)19-12-9(15)5-7(16)6-10(12)17/h2-6H,18H2,1H3,(H,19,20). The maximum absolute atomic E-state index is 13.7. The Labute approximate surface area is 124 Å². The van der Waals surface area contributed by atoms with Gasteiger partial charge in [-0.15, -0.1) is 0 Å². The van der Waals surface area contributed by atoms with Crippen molar-refractivity contribution in [3.05, 3.63) is 52.6 Å². The molecular weight excluding hydrogens is 302 g/mol. The summed E-state index contributed by atoms with van der Waals surface area (Å²) < 4.78 is 31.7. The van der Waals surface area contributed by atoms with Gasteiger partial charge >= 0.3 is 0 Å². The average Bonchev–Trinajstić information content (AvgIpc) is 2.42. The minimum Gasteiger partial charge on any atom is -0.494 e. The van der Waals surface area contributed by atoms with Gasteiger partial charge in [-0.3, -0.25) is 4.79 Å². The number of methoxy groups -OCH3 is 1. The quantitative estimate of drug-likeness (QED) is 0.853. The van der Waals surface area contributed by atoms with Gasteiger partial charge < -0.3 is 15.8 Å². The van der Waals surface area contributed by atoms with Crippen molar-refractivity contribution in [2.75, 3.05) is 18.2 Å². The van der Waals surface area contributed by atoms with Crippen LogP contribution in [0.3, 0.4) is 0 Å². The number of para-hydroxylation sites is 1. The molecule has 0 fully saturated rings. The summed E-state index contributed by atoms with van der Waals surface area (Å²) in [6, 6.07) is 6.09. The van der Waals surface area contributed by atoms with Gasteiger partial charge in [0.1, 0.15) is 5.82 Å². The van der Waals surface area contributed by atoms with Crippen LogP contribution in [-0.4, -0.2) is 13.0 Å². The Hall–Kier alpha value is -2.34. The molecule has 0 aliphatic carbocycles. The van der Waals surface area contributed by atoms with E-state index in [1.807, 2.05) is 0 Å². The Morgan fingerprint density at radius 3 is 2.67 bits per heavy atom. The number of hydrogen-bond acceptors (Lipinski definition) is 3. The Balaban J connectivity index is 2.38. The molecule has 0 spiro atoms. The van der Waals surface area contributed by atoms with E-state index in [9.17, 15) is 13.6 Å². The first-order valence-electron chi connectivity index (χ1n) is 5.82. The number of nitrogen functional groups attached to an aromatic ring is 1. The minimum absolute atomic E-state index is 0.109. The van der Waals surface area contributed by atoms with Crippen molar-refractivity contribution in [3.8, 4) is 5.75 Å². The fourth-order valence-electron chi connectivity index (χ4n) is 1.80. The van der Waals surface area contributed by atoms with Crippen LogP contribution < -0.4 is 15.8 Å². The number of nitrogens with two attached hydrogens (primary N) is 1. The molecule has 0 aromatic heterocycles. The first-order valence-corrected chi connectivity index (χ1v) is 6.20. The van der Waals surface area contributed by atoms with E-state index in [-0.39, 0.29) is 27.7 Å². The zero-order valence-electron chi connectivity index (χ0n) is 10.9. The normalized spacial score (nSPS) is 10.3. The van der Waals surface area contributed by atoms with E-state index in [4.69, 9.17) is 22.1 Å². The number of anilines is 2. The van der Waals surface area contributed by atoms with Crippen LogP contribution in [0.25, 0.3) is 0 Å². The highest BCUT2D eigenvalue weighted by molar-refractivity contribution is 6.34. The van der Waals surface area contributed by atoms with E-state index in [1.165, 1.54) is 13.2 Å². The van der Waals surface area contributed by atoms with Gasteiger partial charge in [-0.2, -0.15) is 0 Å². The van der Waals surface area contributed by atoms with Crippen LogP contribution in [0.1, 0.15) is 10.4 Å². The number of halogens is 3. The third-order valence-electron chi connectivity index (χ3n) is 2.74. The lowest BCUT2D eigenvalue weighted by Gasteiger charge is -2.12. The molecule has 0 radical (unpaired) electrons. The molecule has 2 rings (SSSR count). The molecular formula is C14H11ClF2N2O2. The lowest BCUT2D eigenvalue weighted by atomic mass is 10.1. The zero-order valence-corrected chi connectivity index (χ0v) is 11.7. The summed E-state index contributed by atoms with van der Waals surface area (Å²) in [6.45, 7) is 0. The monoisotopic (exact) mass is 312 g/mol. The number of hydrogen-bond donors (Lipinski definition) is 2. The second-order valence-corrected chi connectivity index (χ2v) is 4.53. The number of amides is 1. The second kappa shape index (κ2) is 5.97. The molecule has 4 nitrogen and oxygen atoms in total. The van der Waals surface area contributed by atoms with Crippen LogP contribution in [0.2, 0.25) is 5.02 Å². The molecule has 0 atom stereocenters. The topological polar surface area (TPSA) is 64.3 Å². The fourth-order valence-corrected chi connectivity index (χ4v) is 2.05. The van der Waals surface area contributed by atoms with Crippen molar-refractivity contribution in [3.63, 3.8) is 0 Å². The molecule has 3 N–H and O–H groups in total. The smallest absolute Gasteiger partial charge is 0.259 e. The maximum Gasteiger partial charge on any atom is 0.259 e. The highest BCUT2D eigenvalue weighted by atomic mass is 35.5. The summed E-state index contributed by atoms with van der Waals surface area (Å²) in [5, 5.41) is 2.03. The van der Waals surface area contributed by atoms with E-state index in [0.717, 1.165) is 6.07 Å². The average molecular weight is 313 g/mol. The fraction of sp³-hybridized carbons (Fsp3) is 0.0714. The number of nitrogens with one attached hydrogen (secondary N) is 1. The van der Waals surface area contributed by atoms with Crippen LogP contribution in [0.4, 0.5) is 20.2 Å². The number of rotatable bonds is 3. The van der Waals surface area contributed by atoms with Gasteiger partial charge in [-0.25, -0.2) is 8.78 Å². The van der Waals surface area contributed by atoms with E-state index in [2.05, 4.69) is 5.32 Å². The van der Waals surface area contributed by atoms with E-state index >= 15 is 0 Å². The number of ether oxygens (including phenoxy) is 1. The first kappa shape index (κ1) is 15.1. The molecule has 0 aliphatic heterocycles. The van der Waals surface area contributed by atoms with Crippen molar-refractivity contribution in [2.45, 2.75) is 0 Å². The third-order valence-corrected chi connectivity index (χ3v) is 3.04. The SMILES string of the molecule is COc1c(N)cccc1C(=O)Nc1c(F)cc(F)cc1Cl. The number of carbonyl (C=O) groups excluding carboxylic acids is 1. The molecule has 0 saturated carbocycles. The van der Waals surface area contributed by atoms with Crippen LogP contribution >= 0.6 is 11.6 Å².